The van der Waals surface area contributed by atoms with E-state index < -0.39 is 6.61 Å². The van der Waals surface area contributed by atoms with Crippen LogP contribution in [0.3, 0.4) is 0 Å². The number of nitrogens with one attached hydrogen (secondary N) is 1. The van der Waals surface area contributed by atoms with Crippen molar-refractivity contribution >= 4 is 0 Å². The molecule has 2 aromatic carbocycles. The van der Waals surface area contributed by atoms with E-state index in [-0.39, 0.29) is 12.4 Å². The topological polar surface area (TPSA) is 41.5 Å². The molecule has 0 saturated heterocycles. The minimum atomic E-state index is -2.79. The van der Waals surface area contributed by atoms with Crippen LogP contribution in [-0.2, 0) is 19.6 Å². The van der Waals surface area contributed by atoms with Gasteiger partial charge in [-0.25, -0.2) is 0 Å². The van der Waals surface area contributed by atoms with Gasteiger partial charge in [0.25, 0.3) is 0 Å². The summed E-state index contributed by atoms with van der Waals surface area (Å²) in [5.74, 6) is 0.169. The van der Waals surface area contributed by atoms with Crippen molar-refractivity contribution in [3.63, 3.8) is 0 Å². The maximum atomic E-state index is 12.0. The SMILES string of the molecule is OCc1ccc(CCNCc2ccc(OC(F)F)cc2)cc1. The number of alkyl halides is 2. The summed E-state index contributed by atoms with van der Waals surface area (Å²) >= 11 is 0. The first-order valence-corrected chi connectivity index (χ1v) is 7.10. The van der Waals surface area contributed by atoms with Crippen LogP contribution in [0.2, 0.25) is 0 Å². The monoisotopic (exact) mass is 307 g/mol. The Labute approximate surface area is 128 Å². The Bertz CT molecular complexity index is 556. The smallest absolute Gasteiger partial charge is 0.387 e. The first-order chi connectivity index (χ1) is 10.7. The summed E-state index contributed by atoms with van der Waals surface area (Å²) in [6.07, 6.45) is 0.887. The number of rotatable bonds is 8. The van der Waals surface area contributed by atoms with Gasteiger partial charge in [0.2, 0.25) is 0 Å². The molecule has 0 heterocycles. The largest absolute Gasteiger partial charge is 0.435 e. The zero-order valence-corrected chi connectivity index (χ0v) is 12.1. The Morgan fingerprint density at radius 1 is 0.909 bits per heavy atom. The zero-order valence-electron chi connectivity index (χ0n) is 12.1. The number of aliphatic hydroxyl groups is 1. The quantitative estimate of drug-likeness (QED) is 0.736. The predicted molar refractivity (Wildman–Crippen MR) is 80.8 cm³/mol. The number of ether oxygens (including phenoxy) is 1. The van der Waals surface area contributed by atoms with Gasteiger partial charge in [0.15, 0.2) is 0 Å². The molecule has 0 amide bonds. The molecular formula is C17H19F2NO2. The lowest BCUT2D eigenvalue weighted by Gasteiger charge is -2.07. The van der Waals surface area contributed by atoms with Gasteiger partial charge in [-0.15, -0.1) is 0 Å². The fourth-order valence-electron chi connectivity index (χ4n) is 2.07. The van der Waals surface area contributed by atoms with E-state index in [0.717, 1.165) is 24.1 Å². The highest BCUT2D eigenvalue weighted by atomic mass is 19.3. The standard InChI is InChI=1S/C17H19F2NO2/c18-17(19)22-16-7-5-14(6-8-16)11-20-10-9-13-1-3-15(12-21)4-2-13/h1-8,17,20-21H,9-12H2. The summed E-state index contributed by atoms with van der Waals surface area (Å²) < 4.78 is 28.4. The Balaban J connectivity index is 1.71. The molecule has 0 aliphatic carbocycles. The van der Waals surface area contributed by atoms with Gasteiger partial charge in [0.1, 0.15) is 5.75 Å². The van der Waals surface area contributed by atoms with Crippen LogP contribution >= 0.6 is 0 Å². The normalized spacial score (nSPS) is 10.9. The third-order valence-electron chi connectivity index (χ3n) is 3.27. The summed E-state index contributed by atoms with van der Waals surface area (Å²) in [4.78, 5) is 0. The zero-order chi connectivity index (χ0) is 15.8. The van der Waals surface area contributed by atoms with Gasteiger partial charge >= 0.3 is 6.61 Å². The van der Waals surface area contributed by atoms with Crippen molar-refractivity contribution in [2.45, 2.75) is 26.2 Å². The van der Waals surface area contributed by atoms with E-state index in [4.69, 9.17) is 5.11 Å². The Kier molecular flexibility index (Phi) is 6.30. The van der Waals surface area contributed by atoms with E-state index in [1.54, 1.807) is 12.1 Å². The van der Waals surface area contributed by atoms with Crippen LogP contribution < -0.4 is 10.1 Å². The van der Waals surface area contributed by atoms with E-state index in [1.165, 1.54) is 17.7 Å². The van der Waals surface area contributed by atoms with Gasteiger partial charge < -0.3 is 15.2 Å². The molecule has 118 valence electrons. The van der Waals surface area contributed by atoms with Crippen LogP contribution in [0.15, 0.2) is 48.5 Å². The number of aliphatic hydroxyl groups excluding tert-OH is 1. The van der Waals surface area contributed by atoms with E-state index in [9.17, 15) is 8.78 Å². The molecule has 0 aliphatic rings. The molecule has 0 bridgehead atoms. The third kappa shape index (κ3) is 5.42. The lowest BCUT2D eigenvalue weighted by Crippen LogP contribution is -2.16. The van der Waals surface area contributed by atoms with Crippen LogP contribution in [0.4, 0.5) is 8.78 Å². The average Bonchev–Trinajstić information content (AvgIpc) is 2.53. The summed E-state index contributed by atoms with van der Waals surface area (Å²) in [5.41, 5.74) is 3.12. The summed E-state index contributed by atoms with van der Waals surface area (Å²) in [7, 11) is 0. The lowest BCUT2D eigenvalue weighted by atomic mass is 10.1. The number of hydrogen-bond donors (Lipinski definition) is 2. The van der Waals surface area contributed by atoms with E-state index in [1.807, 2.05) is 24.3 Å². The molecule has 2 rings (SSSR count). The second-order valence-corrected chi connectivity index (χ2v) is 4.92. The maximum Gasteiger partial charge on any atom is 0.387 e. The first kappa shape index (κ1) is 16.4. The van der Waals surface area contributed by atoms with Gasteiger partial charge in [-0.05, 0) is 41.8 Å². The molecular weight excluding hydrogens is 288 g/mol. The minimum Gasteiger partial charge on any atom is -0.435 e. The molecule has 0 spiro atoms. The second-order valence-electron chi connectivity index (χ2n) is 4.92. The van der Waals surface area contributed by atoms with Crippen molar-refractivity contribution in [2.24, 2.45) is 0 Å². The van der Waals surface area contributed by atoms with Gasteiger partial charge in [-0.2, -0.15) is 8.78 Å². The van der Waals surface area contributed by atoms with Crippen molar-refractivity contribution in [1.82, 2.24) is 5.32 Å². The van der Waals surface area contributed by atoms with Gasteiger partial charge in [-0.1, -0.05) is 36.4 Å². The van der Waals surface area contributed by atoms with Crippen LogP contribution in [0.1, 0.15) is 16.7 Å². The molecule has 22 heavy (non-hydrogen) atoms. The number of hydrogen-bond acceptors (Lipinski definition) is 3. The molecule has 0 atom stereocenters. The molecule has 0 saturated carbocycles. The molecule has 5 heteroatoms. The van der Waals surface area contributed by atoms with Crippen LogP contribution in [0.25, 0.3) is 0 Å². The Hall–Kier alpha value is -1.98. The fourth-order valence-corrected chi connectivity index (χ4v) is 2.07. The average molecular weight is 307 g/mol. The second kappa shape index (κ2) is 8.46. The van der Waals surface area contributed by atoms with Crippen LogP contribution in [0.5, 0.6) is 5.75 Å². The fraction of sp³-hybridized carbons (Fsp3) is 0.294. The highest BCUT2D eigenvalue weighted by molar-refractivity contribution is 5.27. The van der Waals surface area contributed by atoms with Crippen molar-refractivity contribution in [2.75, 3.05) is 6.54 Å². The van der Waals surface area contributed by atoms with Crippen LogP contribution in [0, 0.1) is 0 Å². The lowest BCUT2D eigenvalue weighted by molar-refractivity contribution is -0.0498. The Morgan fingerprint density at radius 3 is 2.09 bits per heavy atom. The summed E-state index contributed by atoms with van der Waals surface area (Å²) in [6.45, 7) is -1.25. The first-order valence-electron chi connectivity index (χ1n) is 7.10. The van der Waals surface area contributed by atoms with Crippen LogP contribution in [-0.4, -0.2) is 18.3 Å². The molecule has 2 N–H and O–H groups in total. The summed E-state index contributed by atoms with van der Waals surface area (Å²) in [6, 6.07) is 14.4. The van der Waals surface area contributed by atoms with Crippen molar-refractivity contribution < 1.29 is 18.6 Å². The Morgan fingerprint density at radius 2 is 1.50 bits per heavy atom. The highest BCUT2D eigenvalue weighted by Crippen LogP contribution is 2.14. The number of benzene rings is 2. The highest BCUT2D eigenvalue weighted by Gasteiger charge is 2.03. The van der Waals surface area contributed by atoms with Gasteiger partial charge in [-0.3, -0.25) is 0 Å². The molecule has 0 radical (unpaired) electrons. The molecule has 0 aliphatic heterocycles. The summed E-state index contributed by atoms with van der Waals surface area (Å²) in [5, 5.41) is 12.3. The number of halogens is 2. The maximum absolute atomic E-state index is 12.0. The molecule has 0 aromatic heterocycles. The molecule has 2 aromatic rings. The van der Waals surface area contributed by atoms with E-state index >= 15 is 0 Å². The third-order valence-corrected chi connectivity index (χ3v) is 3.27. The van der Waals surface area contributed by atoms with Gasteiger partial charge in [0, 0.05) is 6.54 Å². The van der Waals surface area contributed by atoms with Crippen molar-refractivity contribution in [1.29, 1.82) is 0 Å². The van der Waals surface area contributed by atoms with E-state index in [2.05, 4.69) is 10.1 Å². The molecule has 3 nitrogen and oxygen atoms in total. The van der Waals surface area contributed by atoms with E-state index in [0.29, 0.717) is 6.54 Å². The van der Waals surface area contributed by atoms with Crippen molar-refractivity contribution in [3.05, 3.63) is 65.2 Å². The predicted octanol–water partition coefficient (Wildman–Crippen LogP) is 3.11. The van der Waals surface area contributed by atoms with Gasteiger partial charge in [0.05, 0.1) is 6.61 Å². The molecule has 0 unspecified atom stereocenters. The minimum absolute atomic E-state index is 0.0593. The van der Waals surface area contributed by atoms with Crippen molar-refractivity contribution in [3.8, 4) is 5.75 Å². The molecule has 0 fully saturated rings.